The Morgan fingerprint density at radius 1 is 0.312 bits per heavy atom. The third kappa shape index (κ3) is 50.1. The summed E-state index contributed by atoms with van der Waals surface area (Å²) in [4.78, 5) is 38.0. The number of unbranched alkanes of at least 4 members (excludes halogenated alkanes) is 28. The fourth-order valence-corrected chi connectivity index (χ4v) is 7.58. The number of ether oxygens (including phenoxy) is 3. The zero-order valence-corrected chi connectivity index (χ0v) is 42.3. The molecular formula is C58H102O6. The Morgan fingerprint density at radius 2 is 0.578 bits per heavy atom. The highest BCUT2D eigenvalue weighted by Gasteiger charge is 2.19. The van der Waals surface area contributed by atoms with Crippen LogP contribution in [-0.2, 0) is 28.6 Å². The molecule has 0 bridgehead atoms. The first-order chi connectivity index (χ1) is 31.5. The first-order valence-corrected chi connectivity index (χ1v) is 27.3. The van der Waals surface area contributed by atoms with E-state index in [9.17, 15) is 14.4 Å². The van der Waals surface area contributed by atoms with Crippen molar-refractivity contribution >= 4 is 17.9 Å². The predicted octanol–water partition coefficient (Wildman–Crippen LogP) is 18.0. The number of esters is 3. The van der Waals surface area contributed by atoms with E-state index in [1.807, 2.05) is 0 Å². The van der Waals surface area contributed by atoms with Crippen LogP contribution in [0.5, 0.6) is 0 Å². The Bertz CT molecular complexity index is 1170. The van der Waals surface area contributed by atoms with Gasteiger partial charge in [-0.1, -0.05) is 229 Å². The monoisotopic (exact) mass is 895 g/mol. The van der Waals surface area contributed by atoms with Gasteiger partial charge in [-0.15, -0.1) is 0 Å². The number of hydrogen-bond acceptors (Lipinski definition) is 6. The zero-order valence-electron chi connectivity index (χ0n) is 42.3. The van der Waals surface area contributed by atoms with E-state index >= 15 is 0 Å². The molecule has 0 aliphatic carbocycles. The molecule has 0 aliphatic rings. The van der Waals surface area contributed by atoms with Crippen molar-refractivity contribution in [2.24, 2.45) is 0 Å². The van der Waals surface area contributed by atoms with Crippen molar-refractivity contribution < 1.29 is 28.6 Å². The molecule has 0 N–H and O–H groups in total. The largest absolute Gasteiger partial charge is 0.462 e. The van der Waals surface area contributed by atoms with Crippen molar-refractivity contribution in [2.45, 2.75) is 277 Å². The summed E-state index contributed by atoms with van der Waals surface area (Å²) in [7, 11) is 0. The lowest BCUT2D eigenvalue weighted by Crippen LogP contribution is -2.30. The van der Waals surface area contributed by atoms with E-state index in [1.54, 1.807) is 0 Å². The minimum atomic E-state index is -0.785. The summed E-state index contributed by atoms with van der Waals surface area (Å²) in [5.74, 6) is -0.902. The summed E-state index contributed by atoms with van der Waals surface area (Å²) in [6.07, 6.45) is 64.8. The molecule has 6 heteroatoms. The molecule has 0 amide bonds. The van der Waals surface area contributed by atoms with E-state index in [1.165, 1.54) is 128 Å². The van der Waals surface area contributed by atoms with Gasteiger partial charge in [0.15, 0.2) is 6.10 Å². The van der Waals surface area contributed by atoms with Gasteiger partial charge in [0.25, 0.3) is 0 Å². The lowest BCUT2D eigenvalue weighted by Gasteiger charge is -2.18. The lowest BCUT2D eigenvalue weighted by molar-refractivity contribution is -0.167. The van der Waals surface area contributed by atoms with E-state index < -0.39 is 6.10 Å². The fourth-order valence-electron chi connectivity index (χ4n) is 7.58. The van der Waals surface area contributed by atoms with Crippen molar-refractivity contribution in [1.29, 1.82) is 0 Å². The smallest absolute Gasteiger partial charge is 0.306 e. The first kappa shape index (κ1) is 61.1. The second-order valence-corrected chi connectivity index (χ2v) is 18.1. The first-order valence-electron chi connectivity index (χ1n) is 27.3. The third-order valence-electron chi connectivity index (χ3n) is 11.7. The summed E-state index contributed by atoms with van der Waals surface area (Å²) in [6.45, 7) is 6.56. The van der Waals surface area contributed by atoms with Gasteiger partial charge in [0, 0.05) is 19.3 Å². The summed E-state index contributed by atoms with van der Waals surface area (Å²) in [5, 5.41) is 0. The molecule has 0 saturated heterocycles. The molecule has 0 heterocycles. The van der Waals surface area contributed by atoms with E-state index in [2.05, 4.69) is 81.5 Å². The van der Waals surface area contributed by atoms with Gasteiger partial charge in [-0.2, -0.15) is 0 Å². The van der Waals surface area contributed by atoms with Crippen LogP contribution in [0.1, 0.15) is 271 Å². The van der Waals surface area contributed by atoms with Crippen molar-refractivity contribution in [2.75, 3.05) is 13.2 Å². The third-order valence-corrected chi connectivity index (χ3v) is 11.7. The van der Waals surface area contributed by atoms with Gasteiger partial charge in [-0.25, -0.2) is 0 Å². The second-order valence-electron chi connectivity index (χ2n) is 18.1. The molecule has 0 aliphatic heterocycles. The Morgan fingerprint density at radius 3 is 0.953 bits per heavy atom. The Hall–Kier alpha value is -2.89. The quantitative estimate of drug-likeness (QED) is 0.0262. The minimum absolute atomic E-state index is 0.0823. The highest BCUT2D eigenvalue weighted by atomic mass is 16.6. The maximum Gasteiger partial charge on any atom is 0.306 e. The average Bonchev–Trinajstić information content (AvgIpc) is 3.29. The SMILES string of the molecule is CCCC/C=C\C/C=C\CCCCCCCC(=O)OC(COC(=O)CCCCCCCC/C=C\C/C=C\C/C=C\CCCCC)COC(=O)CCCCCCCCCCCCCCC. The summed E-state index contributed by atoms with van der Waals surface area (Å²) >= 11 is 0. The van der Waals surface area contributed by atoms with Crippen molar-refractivity contribution in [1.82, 2.24) is 0 Å². The van der Waals surface area contributed by atoms with Gasteiger partial charge in [-0.05, 0) is 83.5 Å². The van der Waals surface area contributed by atoms with Crippen LogP contribution in [0.25, 0.3) is 0 Å². The van der Waals surface area contributed by atoms with Gasteiger partial charge in [-0.3, -0.25) is 14.4 Å². The molecule has 6 nitrogen and oxygen atoms in total. The molecule has 0 radical (unpaired) electrons. The van der Waals surface area contributed by atoms with Crippen LogP contribution in [0.4, 0.5) is 0 Å². The molecule has 1 atom stereocenters. The highest BCUT2D eigenvalue weighted by molar-refractivity contribution is 5.71. The second kappa shape index (κ2) is 52.7. The average molecular weight is 895 g/mol. The predicted molar refractivity (Wildman–Crippen MR) is 275 cm³/mol. The van der Waals surface area contributed by atoms with Gasteiger partial charge >= 0.3 is 17.9 Å². The molecule has 0 saturated carbocycles. The van der Waals surface area contributed by atoms with Crippen molar-refractivity contribution in [3.63, 3.8) is 0 Å². The maximum atomic E-state index is 12.8. The molecule has 0 aromatic heterocycles. The Labute approximate surface area is 396 Å². The van der Waals surface area contributed by atoms with E-state index in [0.29, 0.717) is 19.3 Å². The maximum absolute atomic E-state index is 12.8. The zero-order chi connectivity index (χ0) is 46.5. The van der Waals surface area contributed by atoms with Crippen LogP contribution in [-0.4, -0.2) is 37.2 Å². The van der Waals surface area contributed by atoms with E-state index in [4.69, 9.17) is 14.2 Å². The van der Waals surface area contributed by atoms with Crippen LogP contribution in [0, 0.1) is 0 Å². The summed E-state index contributed by atoms with van der Waals surface area (Å²) in [6, 6.07) is 0. The van der Waals surface area contributed by atoms with Crippen LogP contribution < -0.4 is 0 Å². The van der Waals surface area contributed by atoms with Gasteiger partial charge < -0.3 is 14.2 Å². The van der Waals surface area contributed by atoms with Crippen molar-refractivity contribution in [3.05, 3.63) is 60.8 Å². The molecule has 1 unspecified atom stereocenters. The normalized spacial score (nSPS) is 12.5. The van der Waals surface area contributed by atoms with Crippen molar-refractivity contribution in [3.8, 4) is 0 Å². The van der Waals surface area contributed by atoms with Crippen LogP contribution >= 0.6 is 0 Å². The van der Waals surface area contributed by atoms with Crippen LogP contribution in [0.15, 0.2) is 60.8 Å². The highest BCUT2D eigenvalue weighted by Crippen LogP contribution is 2.15. The minimum Gasteiger partial charge on any atom is -0.462 e. The molecular weight excluding hydrogens is 793 g/mol. The lowest BCUT2D eigenvalue weighted by atomic mass is 10.0. The van der Waals surface area contributed by atoms with E-state index in [-0.39, 0.29) is 31.1 Å². The molecule has 0 aromatic carbocycles. The van der Waals surface area contributed by atoms with Gasteiger partial charge in [0.2, 0.25) is 0 Å². The van der Waals surface area contributed by atoms with Crippen LogP contribution in [0.2, 0.25) is 0 Å². The number of carbonyl (C=O) groups excluding carboxylic acids is 3. The van der Waals surface area contributed by atoms with Gasteiger partial charge in [0.1, 0.15) is 13.2 Å². The molecule has 64 heavy (non-hydrogen) atoms. The van der Waals surface area contributed by atoms with Crippen LogP contribution in [0.3, 0.4) is 0 Å². The molecule has 0 aromatic rings. The molecule has 370 valence electrons. The fraction of sp³-hybridized carbons (Fsp3) is 0.776. The number of hydrogen-bond donors (Lipinski definition) is 0. The summed E-state index contributed by atoms with van der Waals surface area (Å²) in [5.41, 5.74) is 0. The number of carbonyl (C=O) groups is 3. The standard InChI is InChI=1S/C58H102O6/c1-4-7-10-13-16-19-22-25-27-28-29-30-31-34-36-39-42-45-48-51-57(60)63-54-55(53-62-56(59)50-47-44-41-38-35-32-24-21-18-15-12-9-6-3)64-58(61)52-49-46-43-40-37-33-26-23-20-17-14-11-8-5-2/h14,16-17,19,23,25-27,29-30,55H,4-13,15,18,20-22,24,28,31-54H2,1-3H3/b17-14-,19-16-,26-23-,27-25-,30-29-. The molecule has 0 spiro atoms. The van der Waals surface area contributed by atoms with Gasteiger partial charge in [0.05, 0.1) is 0 Å². The number of rotatable bonds is 49. The molecule has 0 fully saturated rings. The topological polar surface area (TPSA) is 78.9 Å². The summed E-state index contributed by atoms with van der Waals surface area (Å²) < 4.78 is 16.8. The number of allylic oxidation sites excluding steroid dienone is 10. The Kier molecular flexibility index (Phi) is 50.4. The molecule has 0 rings (SSSR count). The van der Waals surface area contributed by atoms with E-state index in [0.717, 1.165) is 103 Å². The Balaban J connectivity index is 4.39.